The van der Waals surface area contributed by atoms with Crippen LogP contribution in [0, 0.1) is 5.92 Å². The first-order valence-electron chi connectivity index (χ1n) is 11.9. The SMILES string of the molecule is COc1ccccc1[C@H]1[C@@H]2CCCC[C@]2(O)CCN1C(=O)/C=C/c1ccc(C(C)C)cc1. The Bertz CT molecular complexity index is 965. The number of carbonyl (C=O) groups is 1. The largest absolute Gasteiger partial charge is 0.496 e. The number of hydrogen-bond acceptors (Lipinski definition) is 3. The van der Waals surface area contributed by atoms with E-state index in [-0.39, 0.29) is 17.9 Å². The highest BCUT2D eigenvalue weighted by atomic mass is 16.5. The second-order valence-electron chi connectivity index (χ2n) is 9.58. The molecule has 4 rings (SSSR count). The molecule has 1 N–H and O–H groups in total. The maximum Gasteiger partial charge on any atom is 0.247 e. The molecule has 1 saturated carbocycles. The fraction of sp³-hybridized carbons (Fsp3) is 0.464. The van der Waals surface area contributed by atoms with Crippen molar-refractivity contribution >= 4 is 12.0 Å². The fourth-order valence-corrected chi connectivity index (χ4v) is 5.48. The maximum atomic E-state index is 13.4. The third-order valence-corrected chi connectivity index (χ3v) is 7.33. The van der Waals surface area contributed by atoms with Gasteiger partial charge in [0.25, 0.3) is 0 Å². The molecule has 1 saturated heterocycles. The molecular weight excluding hydrogens is 398 g/mol. The Morgan fingerprint density at radius 2 is 1.88 bits per heavy atom. The van der Waals surface area contributed by atoms with Crippen molar-refractivity contribution in [1.82, 2.24) is 4.90 Å². The number of para-hydroxylation sites is 1. The topological polar surface area (TPSA) is 49.8 Å². The standard InChI is InChI=1S/C28H35NO3/c1-20(2)22-14-11-21(12-15-22)13-16-26(30)29-19-18-28(31)17-7-6-9-24(28)27(29)23-8-4-5-10-25(23)32-3/h4-5,8,10-16,20,24,27,31H,6-7,9,17-19H2,1-3H3/b16-13+/t24-,27-,28-/m0/s1. The van der Waals surface area contributed by atoms with Crippen LogP contribution in [0.1, 0.15) is 74.6 Å². The summed E-state index contributed by atoms with van der Waals surface area (Å²) in [5.74, 6) is 1.27. The molecule has 2 aliphatic rings. The van der Waals surface area contributed by atoms with Gasteiger partial charge in [-0.15, -0.1) is 0 Å². The number of fused-ring (bicyclic) bond motifs is 1. The Morgan fingerprint density at radius 3 is 2.59 bits per heavy atom. The predicted octanol–water partition coefficient (Wildman–Crippen LogP) is 5.73. The zero-order chi connectivity index (χ0) is 22.7. The quantitative estimate of drug-likeness (QED) is 0.613. The molecule has 0 bridgehead atoms. The Morgan fingerprint density at radius 1 is 1.12 bits per heavy atom. The molecule has 0 aromatic heterocycles. The molecule has 32 heavy (non-hydrogen) atoms. The van der Waals surface area contributed by atoms with Crippen LogP contribution in [-0.4, -0.2) is 35.2 Å². The van der Waals surface area contributed by atoms with Gasteiger partial charge in [0.05, 0.1) is 18.8 Å². The van der Waals surface area contributed by atoms with Crippen molar-refractivity contribution in [3.8, 4) is 5.75 Å². The van der Waals surface area contributed by atoms with E-state index < -0.39 is 5.60 Å². The molecule has 2 fully saturated rings. The Hall–Kier alpha value is -2.59. The lowest BCUT2D eigenvalue weighted by molar-refractivity contribution is -0.151. The minimum absolute atomic E-state index is 0.0125. The minimum atomic E-state index is -0.711. The molecule has 0 spiro atoms. The first-order valence-corrected chi connectivity index (χ1v) is 11.9. The monoisotopic (exact) mass is 433 g/mol. The normalized spacial score (nSPS) is 25.7. The summed E-state index contributed by atoms with van der Waals surface area (Å²) in [5.41, 5.74) is 2.58. The highest BCUT2D eigenvalue weighted by Crippen LogP contribution is 2.50. The van der Waals surface area contributed by atoms with E-state index in [9.17, 15) is 9.90 Å². The van der Waals surface area contributed by atoms with Crippen LogP contribution in [0.25, 0.3) is 6.08 Å². The molecular formula is C28H35NO3. The van der Waals surface area contributed by atoms with Gasteiger partial charge in [-0.2, -0.15) is 0 Å². The van der Waals surface area contributed by atoms with E-state index in [2.05, 4.69) is 38.1 Å². The summed E-state index contributed by atoms with van der Waals surface area (Å²) in [4.78, 5) is 15.4. The van der Waals surface area contributed by atoms with E-state index in [1.807, 2.05) is 35.2 Å². The van der Waals surface area contributed by atoms with Gasteiger partial charge < -0.3 is 14.7 Å². The van der Waals surface area contributed by atoms with Crippen LogP contribution in [0.4, 0.5) is 0 Å². The van der Waals surface area contributed by atoms with Crippen molar-refractivity contribution in [2.75, 3.05) is 13.7 Å². The number of methoxy groups -OCH3 is 1. The second kappa shape index (κ2) is 9.50. The summed E-state index contributed by atoms with van der Waals surface area (Å²) in [6.45, 7) is 4.90. The number of nitrogens with zero attached hydrogens (tertiary/aromatic N) is 1. The molecule has 1 aliphatic carbocycles. The molecule has 1 aliphatic heterocycles. The van der Waals surface area contributed by atoms with Crippen LogP contribution in [0.15, 0.2) is 54.6 Å². The lowest BCUT2D eigenvalue weighted by Crippen LogP contribution is -2.56. The van der Waals surface area contributed by atoms with E-state index in [0.29, 0.717) is 18.9 Å². The average molecular weight is 434 g/mol. The van der Waals surface area contributed by atoms with E-state index in [4.69, 9.17) is 4.74 Å². The highest BCUT2D eigenvalue weighted by Gasteiger charge is 2.50. The maximum absolute atomic E-state index is 13.4. The highest BCUT2D eigenvalue weighted by molar-refractivity contribution is 5.92. The molecule has 0 unspecified atom stereocenters. The molecule has 3 atom stereocenters. The van der Waals surface area contributed by atoms with Crippen LogP contribution < -0.4 is 4.74 Å². The van der Waals surface area contributed by atoms with Gasteiger partial charge in [0, 0.05) is 24.1 Å². The molecule has 2 aromatic carbocycles. The number of hydrogen-bond donors (Lipinski definition) is 1. The van der Waals surface area contributed by atoms with E-state index in [1.54, 1.807) is 13.2 Å². The van der Waals surface area contributed by atoms with Crippen molar-refractivity contribution < 1.29 is 14.6 Å². The molecule has 170 valence electrons. The number of piperidine rings is 1. The molecule has 4 nitrogen and oxygen atoms in total. The lowest BCUT2D eigenvalue weighted by atomic mass is 9.66. The van der Waals surface area contributed by atoms with Crippen LogP contribution >= 0.6 is 0 Å². The number of likely N-dealkylation sites (tertiary alicyclic amines) is 1. The molecule has 0 radical (unpaired) electrons. The van der Waals surface area contributed by atoms with Gasteiger partial charge in [-0.25, -0.2) is 0 Å². The molecule has 1 amide bonds. The van der Waals surface area contributed by atoms with Crippen LogP contribution in [-0.2, 0) is 4.79 Å². The number of aliphatic hydroxyl groups is 1. The van der Waals surface area contributed by atoms with Crippen molar-refractivity contribution in [2.24, 2.45) is 5.92 Å². The molecule has 2 aromatic rings. The zero-order valence-electron chi connectivity index (χ0n) is 19.5. The van der Waals surface area contributed by atoms with Gasteiger partial charge in [0.1, 0.15) is 5.75 Å². The van der Waals surface area contributed by atoms with E-state index >= 15 is 0 Å². The van der Waals surface area contributed by atoms with Gasteiger partial charge in [0.15, 0.2) is 0 Å². The third-order valence-electron chi connectivity index (χ3n) is 7.33. The van der Waals surface area contributed by atoms with E-state index in [1.165, 1.54) is 5.56 Å². The zero-order valence-corrected chi connectivity index (χ0v) is 19.5. The summed E-state index contributed by atoms with van der Waals surface area (Å²) >= 11 is 0. The number of rotatable bonds is 5. The van der Waals surface area contributed by atoms with Gasteiger partial charge in [0.2, 0.25) is 5.91 Å². The van der Waals surface area contributed by atoms with Crippen LogP contribution in [0.3, 0.4) is 0 Å². The lowest BCUT2D eigenvalue weighted by Gasteiger charge is -2.52. The number of ether oxygens (including phenoxy) is 1. The third kappa shape index (κ3) is 4.47. The van der Waals surface area contributed by atoms with Gasteiger partial charge >= 0.3 is 0 Å². The van der Waals surface area contributed by atoms with Crippen molar-refractivity contribution in [3.05, 3.63) is 71.3 Å². The van der Waals surface area contributed by atoms with Gasteiger partial charge in [-0.05, 0) is 48.4 Å². The first-order chi connectivity index (χ1) is 15.4. The summed E-state index contributed by atoms with van der Waals surface area (Å²) in [6, 6.07) is 16.1. The first kappa shape index (κ1) is 22.6. The number of amides is 1. The van der Waals surface area contributed by atoms with Crippen molar-refractivity contribution in [1.29, 1.82) is 0 Å². The summed E-state index contributed by atoms with van der Waals surface area (Å²) in [5, 5.41) is 11.5. The second-order valence-corrected chi connectivity index (χ2v) is 9.58. The Labute approximate surface area is 191 Å². The van der Waals surface area contributed by atoms with Crippen molar-refractivity contribution in [2.45, 2.75) is 63.5 Å². The minimum Gasteiger partial charge on any atom is -0.496 e. The van der Waals surface area contributed by atoms with Crippen molar-refractivity contribution in [3.63, 3.8) is 0 Å². The molecule has 1 heterocycles. The fourth-order valence-electron chi connectivity index (χ4n) is 5.48. The van der Waals surface area contributed by atoms with Gasteiger partial charge in [-0.3, -0.25) is 4.79 Å². The summed E-state index contributed by atoms with van der Waals surface area (Å²) < 4.78 is 5.66. The predicted molar refractivity (Wildman–Crippen MR) is 129 cm³/mol. The van der Waals surface area contributed by atoms with Gasteiger partial charge in [-0.1, -0.05) is 69.2 Å². The van der Waals surface area contributed by atoms with E-state index in [0.717, 1.165) is 42.6 Å². The van der Waals surface area contributed by atoms with Crippen LogP contribution in [0.2, 0.25) is 0 Å². The summed E-state index contributed by atoms with van der Waals surface area (Å²) in [6.07, 6.45) is 8.07. The molecule has 4 heteroatoms. The number of carbonyl (C=O) groups excluding carboxylic acids is 1. The Kier molecular flexibility index (Phi) is 6.71. The average Bonchev–Trinajstić information content (AvgIpc) is 2.81. The van der Waals surface area contributed by atoms with Crippen LogP contribution in [0.5, 0.6) is 5.75 Å². The smallest absolute Gasteiger partial charge is 0.247 e. The summed E-state index contributed by atoms with van der Waals surface area (Å²) in [7, 11) is 1.67. The Balaban J connectivity index is 1.64. The number of benzene rings is 2.